The molecule has 0 aromatic heterocycles. The Morgan fingerprint density at radius 1 is 0.875 bits per heavy atom. The van der Waals surface area contributed by atoms with Crippen molar-refractivity contribution in [2.24, 2.45) is 5.92 Å². The van der Waals surface area contributed by atoms with E-state index in [9.17, 15) is 18.0 Å². The molecule has 0 saturated heterocycles. The maximum atomic E-state index is 14.0. The molecule has 3 aromatic carbocycles. The molecule has 8 nitrogen and oxygen atoms in total. The third-order valence-corrected chi connectivity index (χ3v) is 8.34. The van der Waals surface area contributed by atoms with Gasteiger partial charge in [-0.25, -0.2) is 8.42 Å². The third kappa shape index (κ3) is 7.63. The minimum absolute atomic E-state index is 0.0459. The second-order valence-electron chi connectivity index (χ2n) is 10.3. The quantitative estimate of drug-likeness (QED) is 0.344. The molecule has 0 fully saturated rings. The minimum Gasteiger partial charge on any atom is -0.495 e. The molecule has 0 heterocycles. The summed E-state index contributed by atoms with van der Waals surface area (Å²) in [5.41, 5.74) is 3.03. The Kier molecular flexibility index (Phi) is 10.3. The van der Waals surface area contributed by atoms with Crippen molar-refractivity contribution >= 4 is 27.5 Å². The molecule has 3 aromatic rings. The molecule has 0 aliphatic heterocycles. The molecule has 40 heavy (non-hydrogen) atoms. The average Bonchev–Trinajstić information content (AvgIpc) is 2.93. The number of aryl methyl sites for hydroxylation is 2. The van der Waals surface area contributed by atoms with Crippen LogP contribution in [0.25, 0.3) is 0 Å². The highest BCUT2D eigenvalue weighted by Crippen LogP contribution is 2.32. The molecule has 214 valence electrons. The lowest BCUT2D eigenvalue weighted by atomic mass is 10.1. The molecule has 0 bridgehead atoms. The maximum absolute atomic E-state index is 14.0. The number of carbonyl (C=O) groups excluding carboxylic acids is 2. The number of carbonyl (C=O) groups is 2. The summed E-state index contributed by atoms with van der Waals surface area (Å²) in [5.74, 6) is -0.286. The fourth-order valence-electron chi connectivity index (χ4n) is 4.11. The highest BCUT2D eigenvalue weighted by molar-refractivity contribution is 7.92. The molecule has 0 unspecified atom stereocenters. The topological polar surface area (TPSA) is 96.0 Å². The highest BCUT2D eigenvalue weighted by atomic mass is 32.2. The van der Waals surface area contributed by atoms with Crippen molar-refractivity contribution < 1.29 is 22.7 Å². The first-order valence-electron chi connectivity index (χ1n) is 13.3. The van der Waals surface area contributed by atoms with Crippen LogP contribution in [0.1, 0.15) is 37.5 Å². The van der Waals surface area contributed by atoms with E-state index in [2.05, 4.69) is 5.32 Å². The van der Waals surface area contributed by atoms with Crippen LogP contribution in [0.5, 0.6) is 5.75 Å². The predicted octanol–water partition coefficient (Wildman–Crippen LogP) is 4.70. The predicted molar refractivity (Wildman–Crippen MR) is 158 cm³/mol. The Morgan fingerprint density at radius 3 is 2.02 bits per heavy atom. The Bertz CT molecular complexity index is 1400. The zero-order valence-electron chi connectivity index (χ0n) is 24.0. The number of nitrogens with zero attached hydrogens (tertiary/aromatic N) is 2. The number of rotatable bonds is 12. The van der Waals surface area contributed by atoms with E-state index >= 15 is 0 Å². The number of ether oxygens (including phenoxy) is 1. The first-order chi connectivity index (χ1) is 18.9. The zero-order chi connectivity index (χ0) is 29.4. The van der Waals surface area contributed by atoms with Gasteiger partial charge in [-0.2, -0.15) is 0 Å². The number of benzene rings is 3. The van der Waals surface area contributed by atoms with E-state index in [1.165, 1.54) is 24.1 Å². The molecule has 1 atom stereocenters. The second kappa shape index (κ2) is 13.5. The first-order valence-corrected chi connectivity index (χ1v) is 14.7. The van der Waals surface area contributed by atoms with Crippen LogP contribution < -0.4 is 14.4 Å². The average molecular weight is 566 g/mol. The molecule has 2 amide bonds. The van der Waals surface area contributed by atoms with Gasteiger partial charge in [0.1, 0.15) is 18.3 Å². The number of nitrogens with one attached hydrogen (secondary N) is 1. The first kappa shape index (κ1) is 30.7. The van der Waals surface area contributed by atoms with Crippen molar-refractivity contribution in [1.29, 1.82) is 0 Å². The second-order valence-corrected chi connectivity index (χ2v) is 12.2. The molecular weight excluding hydrogens is 526 g/mol. The maximum Gasteiger partial charge on any atom is 0.264 e. The standard InChI is InChI=1S/C31H39N3O5S/c1-22(2)19-32-31(36)25(5)33(20-26-15-11-23(3)12-16-26)30(35)21-34(28-9-7-8-10-29(28)39-6)40(37,38)27-17-13-24(4)14-18-27/h7-18,22,25H,19-21H2,1-6H3,(H,32,36)/t25-/m0/s1. The lowest BCUT2D eigenvalue weighted by molar-refractivity contribution is -0.139. The van der Waals surface area contributed by atoms with Crippen molar-refractivity contribution in [2.75, 3.05) is 24.5 Å². The van der Waals surface area contributed by atoms with E-state index in [4.69, 9.17) is 4.74 Å². The highest BCUT2D eigenvalue weighted by Gasteiger charge is 2.33. The van der Waals surface area contributed by atoms with Crippen LogP contribution in [0.4, 0.5) is 5.69 Å². The van der Waals surface area contributed by atoms with E-state index in [0.29, 0.717) is 12.3 Å². The Hall–Kier alpha value is -3.85. The molecule has 0 aliphatic rings. The number of hydrogen-bond donors (Lipinski definition) is 1. The normalized spacial score (nSPS) is 12.1. The summed E-state index contributed by atoms with van der Waals surface area (Å²) < 4.78 is 34.5. The van der Waals surface area contributed by atoms with Gasteiger partial charge >= 0.3 is 0 Å². The monoisotopic (exact) mass is 565 g/mol. The number of sulfonamides is 1. The SMILES string of the molecule is COc1ccccc1N(CC(=O)N(Cc1ccc(C)cc1)[C@@H](C)C(=O)NCC(C)C)S(=O)(=O)c1ccc(C)cc1. The minimum atomic E-state index is -4.17. The molecular formula is C31H39N3O5S. The van der Waals surface area contributed by atoms with Crippen molar-refractivity contribution in [2.45, 2.75) is 52.1 Å². The fourth-order valence-corrected chi connectivity index (χ4v) is 5.54. The molecule has 0 aliphatic carbocycles. The summed E-state index contributed by atoms with van der Waals surface area (Å²) in [5, 5.41) is 2.89. The summed E-state index contributed by atoms with van der Waals surface area (Å²) in [6.45, 7) is 9.54. The summed E-state index contributed by atoms with van der Waals surface area (Å²) in [7, 11) is -2.73. The summed E-state index contributed by atoms with van der Waals surface area (Å²) in [6.07, 6.45) is 0. The van der Waals surface area contributed by atoms with Gasteiger partial charge in [0.05, 0.1) is 17.7 Å². The number of amides is 2. The van der Waals surface area contributed by atoms with Crippen LogP contribution in [0.3, 0.4) is 0 Å². The Balaban J connectivity index is 2.04. The van der Waals surface area contributed by atoms with Crippen LogP contribution in [-0.4, -0.2) is 51.4 Å². The van der Waals surface area contributed by atoms with Crippen molar-refractivity contribution in [3.05, 3.63) is 89.5 Å². The smallest absolute Gasteiger partial charge is 0.264 e. The lowest BCUT2D eigenvalue weighted by Crippen LogP contribution is -2.51. The Morgan fingerprint density at radius 2 is 1.45 bits per heavy atom. The number of para-hydroxylation sites is 2. The van der Waals surface area contributed by atoms with Crippen LogP contribution in [0.2, 0.25) is 0 Å². The number of anilines is 1. The van der Waals surface area contributed by atoms with Gasteiger partial charge in [-0.15, -0.1) is 0 Å². The largest absolute Gasteiger partial charge is 0.495 e. The van der Waals surface area contributed by atoms with Gasteiger partial charge in [-0.1, -0.05) is 73.5 Å². The molecule has 3 rings (SSSR count). The molecule has 1 N–H and O–H groups in total. The van der Waals surface area contributed by atoms with Gasteiger partial charge in [0, 0.05) is 13.1 Å². The summed E-state index contributed by atoms with van der Waals surface area (Å²) in [6, 6.07) is 19.9. The summed E-state index contributed by atoms with van der Waals surface area (Å²) in [4.78, 5) is 28.6. The molecule has 0 saturated carbocycles. The van der Waals surface area contributed by atoms with Crippen molar-refractivity contribution in [3.63, 3.8) is 0 Å². The Labute approximate surface area is 238 Å². The molecule has 0 spiro atoms. The molecule has 9 heteroatoms. The van der Waals surface area contributed by atoms with Gasteiger partial charge in [-0.3, -0.25) is 13.9 Å². The van der Waals surface area contributed by atoms with Crippen LogP contribution in [0.15, 0.2) is 77.7 Å². The van der Waals surface area contributed by atoms with E-state index in [0.717, 1.165) is 21.0 Å². The van der Waals surface area contributed by atoms with Crippen molar-refractivity contribution in [3.8, 4) is 5.75 Å². The van der Waals surface area contributed by atoms with Crippen molar-refractivity contribution in [1.82, 2.24) is 10.2 Å². The van der Waals surface area contributed by atoms with Gasteiger partial charge in [0.25, 0.3) is 10.0 Å². The van der Waals surface area contributed by atoms with E-state index < -0.39 is 28.5 Å². The third-order valence-electron chi connectivity index (χ3n) is 6.57. The molecule has 0 radical (unpaired) electrons. The van der Waals surface area contributed by atoms with E-state index in [1.54, 1.807) is 43.3 Å². The van der Waals surface area contributed by atoms with Crippen LogP contribution >= 0.6 is 0 Å². The van der Waals surface area contributed by atoms with E-state index in [1.807, 2.05) is 52.0 Å². The van der Waals surface area contributed by atoms with E-state index in [-0.39, 0.29) is 29.0 Å². The summed E-state index contributed by atoms with van der Waals surface area (Å²) >= 11 is 0. The fraction of sp³-hybridized carbons (Fsp3) is 0.355. The lowest BCUT2D eigenvalue weighted by Gasteiger charge is -2.32. The van der Waals surface area contributed by atoms with Crippen LogP contribution in [-0.2, 0) is 26.2 Å². The van der Waals surface area contributed by atoms with Gasteiger partial charge in [0.15, 0.2) is 0 Å². The number of hydrogen-bond acceptors (Lipinski definition) is 5. The van der Waals surface area contributed by atoms with Gasteiger partial charge < -0.3 is 15.0 Å². The van der Waals surface area contributed by atoms with Gasteiger partial charge in [0.2, 0.25) is 11.8 Å². The zero-order valence-corrected chi connectivity index (χ0v) is 24.9. The van der Waals surface area contributed by atoms with Crippen LogP contribution in [0, 0.1) is 19.8 Å². The number of methoxy groups -OCH3 is 1. The van der Waals surface area contributed by atoms with Gasteiger partial charge in [-0.05, 0) is 56.5 Å².